The molecule has 1 N–H and O–H groups in total. The zero-order chi connectivity index (χ0) is 12.4. The van der Waals surface area contributed by atoms with Crippen molar-refractivity contribution in [2.24, 2.45) is 0 Å². The van der Waals surface area contributed by atoms with Crippen LogP contribution in [0.5, 0.6) is 11.5 Å². The lowest BCUT2D eigenvalue weighted by Crippen LogP contribution is -1.99. The van der Waals surface area contributed by atoms with Gasteiger partial charge in [0.1, 0.15) is 11.4 Å². The second kappa shape index (κ2) is 4.49. The predicted octanol–water partition coefficient (Wildman–Crippen LogP) is 2.46. The average molecular weight is 232 g/mol. The van der Waals surface area contributed by atoms with Crippen molar-refractivity contribution in [2.75, 3.05) is 7.11 Å². The van der Waals surface area contributed by atoms with Crippen LogP contribution >= 0.6 is 0 Å². The van der Waals surface area contributed by atoms with E-state index in [9.17, 15) is 5.11 Å². The minimum absolute atomic E-state index is 0.281. The smallest absolute Gasteiger partial charge is 0.160 e. The summed E-state index contributed by atoms with van der Waals surface area (Å²) in [7, 11) is 1.63. The molecule has 1 aromatic carbocycles. The highest BCUT2D eigenvalue weighted by Crippen LogP contribution is 2.25. The quantitative estimate of drug-likeness (QED) is 0.884. The van der Waals surface area contributed by atoms with Crippen molar-refractivity contribution in [3.8, 4) is 17.2 Å². The van der Waals surface area contributed by atoms with Crippen molar-refractivity contribution in [3.05, 3.63) is 35.7 Å². The summed E-state index contributed by atoms with van der Waals surface area (Å²) < 4.78 is 6.85. The van der Waals surface area contributed by atoms with Gasteiger partial charge in [-0.2, -0.15) is 5.10 Å². The summed E-state index contributed by atoms with van der Waals surface area (Å²) >= 11 is 0. The number of rotatable bonds is 3. The zero-order valence-corrected chi connectivity index (χ0v) is 10.3. The van der Waals surface area contributed by atoms with E-state index in [-0.39, 0.29) is 5.75 Å². The molecule has 1 aromatic heterocycles. The van der Waals surface area contributed by atoms with Gasteiger partial charge in [-0.25, -0.2) is 4.68 Å². The minimum Gasteiger partial charge on any atom is -0.504 e. The molecule has 0 radical (unpaired) electrons. The third kappa shape index (κ3) is 1.98. The van der Waals surface area contributed by atoms with Crippen molar-refractivity contribution >= 4 is 0 Å². The molecule has 0 spiro atoms. The molecule has 0 unspecified atom stereocenters. The molecule has 0 saturated carbocycles. The molecular formula is C13H16N2O2. The maximum Gasteiger partial charge on any atom is 0.160 e. The molecular weight excluding hydrogens is 216 g/mol. The first-order valence-corrected chi connectivity index (χ1v) is 5.59. The Kier molecular flexibility index (Phi) is 3.04. The van der Waals surface area contributed by atoms with E-state index in [2.05, 4.69) is 5.10 Å². The Hall–Kier alpha value is -1.97. The van der Waals surface area contributed by atoms with Gasteiger partial charge in [0.05, 0.1) is 18.5 Å². The van der Waals surface area contributed by atoms with Crippen LogP contribution in [0.2, 0.25) is 0 Å². The third-order valence-electron chi connectivity index (χ3n) is 2.81. The fraction of sp³-hybridized carbons (Fsp3) is 0.308. The lowest BCUT2D eigenvalue weighted by molar-refractivity contribution is 0.414. The first-order valence-electron chi connectivity index (χ1n) is 5.59. The highest BCUT2D eigenvalue weighted by molar-refractivity contribution is 5.42. The number of ether oxygens (including phenoxy) is 1. The summed E-state index contributed by atoms with van der Waals surface area (Å²) in [6, 6.07) is 7.58. The molecule has 0 fully saturated rings. The maximum atomic E-state index is 9.87. The maximum absolute atomic E-state index is 9.87. The van der Waals surface area contributed by atoms with Gasteiger partial charge in [-0.15, -0.1) is 0 Å². The van der Waals surface area contributed by atoms with Crippen LogP contribution in [-0.2, 0) is 6.42 Å². The van der Waals surface area contributed by atoms with E-state index in [1.165, 1.54) is 0 Å². The fourth-order valence-electron chi connectivity index (χ4n) is 1.77. The highest BCUT2D eigenvalue weighted by Gasteiger charge is 2.12. The Balaban J connectivity index is 2.45. The van der Waals surface area contributed by atoms with Crippen LogP contribution in [-0.4, -0.2) is 22.0 Å². The Morgan fingerprint density at radius 2 is 1.94 bits per heavy atom. The van der Waals surface area contributed by atoms with Gasteiger partial charge in [0.2, 0.25) is 0 Å². The monoisotopic (exact) mass is 232 g/mol. The summed E-state index contributed by atoms with van der Waals surface area (Å²) in [5, 5.41) is 14.3. The molecule has 4 nitrogen and oxygen atoms in total. The van der Waals surface area contributed by atoms with Crippen molar-refractivity contribution in [3.63, 3.8) is 0 Å². The Morgan fingerprint density at radius 3 is 2.41 bits per heavy atom. The van der Waals surface area contributed by atoms with Gasteiger partial charge in [0.25, 0.3) is 0 Å². The molecule has 2 rings (SSSR count). The third-order valence-corrected chi connectivity index (χ3v) is 2.81. The molecule has 0 saturated heterocycles. The molecule has 0 amide bonds. The first-order chi connectivity index (χ1) is 8.17. The zero-order valence-electron chi connectivity index (χ0n) is 10.3. The number of aromatic nitrogens is 2. The molecule has 0 aliphatic rings. The second-order valence-corrected chi connectivity index (χ2v) is 3.84. The molecule has 4 heteroatoms. The van der Waals surface area contributed by atoms with Gasteiger partial charge in [-0.1, -0.05) is 6.92 Å². The average Bonchev–Trinajstić information content (AvgIpc) is 2.66. The van der Waals surface area contributed by atoms with Crippen LogP contribution < -0.4 is 4.74 Å². The summed E-state index contributed by atoms with van der Waals surface area (Å²) in [6.45, 7) is 3.82. The Morgan fingerprint density at radius 1 is 1.29 bits per heavy atom. The number of hydrogen-bond acceptors (Lipinski definition) is 3. The van der Waals surface area contributed by atoms with Gasteiger partial charge in [0, 0.05) is 0 Å². The van der Waals surface area contributed by atoms with Crippen molar-refractivity contribution in [2.45, 2.75) is 20.3 Å². The number of nitrogens with zero attached hydrogens (tertiary/aromatic N) is 2. The number of aromatic hydroxyl groups is 1. The number of hydrogen-bond donors (Lipinski definition) is 1. The summed E-state index contributed by atoms with van der Waals surface area (Å²) in [6.07, 6.45) is 0.718. The molecule has 0 atom stereocenters. The van der Waals surface area contributed by atoms with Crippen LogP contribution in [0.4, 0.5) is 0 Å². The van der Waals surface area contributed by atoms with Gasteiger partial charge >= 0.3 is 0 Å². The summed E-state index contributed by atoms with van der Waals surface area (Å²) in [5.41, 5.74) is 2.39. The first kappa shape index (κ1) is 11.5. The lowest BCUT2D eigenvalue weighted by Gasteiger charge is -2.05. The van der Waals surface area contributed by atoms with E-state index >= 15 is 0 Å². The van der Waals surface area contributed by atoms with Crippen molar-refractivity contribution in [1.82, 2.24) is 9.78 Å². The molecule has 2 aromatic rings. The van der Waals surface area contributed by atoms with Crippen LogP contribution in [0.15, 0.2) is 24.3 Å². The van der Waals surface area contributed by atoms with E-state index < -0.39 is 0 Å². The summed E-state index contributed by atoms with van der Waals surface area (Å²) in [4.78, 5) is 0. The lowest BCUT2D eigenvalue weighted by atomic mass is 10.2. The fourth-order valence-corrected chi connectivity index (χ4v) is 1.77. The van der Waals surface area contributed by atoms with Gasteiger partial charge < -0.3 is 9.84 Å². The van der Waals surface area contributed by atoms with E-state index in [1.807, 2.05) is 38.1 Å². The van der Waals surface area contributed by atoms with Gasteiger partial charge in [-0.05, 0) is 37.6 Å². The van der Waals surface area contributed by atoms with Crippen LogP contribution in [0, 0.1) is 6.92 Å². The van der Waals surface area contributed by atoms with Crippen LogP contribution in [0.25, 0.3) is 5.69 Å². The number of methoxy groups -OCH3 is 1. The number of aryl methyl sites for hydroxylation is 1. The minimum atomic E-state index is 0.281. The van der Waals surface area contributed by atoms with Gasteiger partial charge in [0.15, 0.2) is 5.75 Å². The highest BCUT2D eigenvalue weighted by atomic mass is 16.5. The SMILES string of the molecule is CCc1nn(-c2ccc(OC)cc2)c(C)c1O. The normalized spacial score (nSPS) is 10.5. The Bertz CT molecular complexity index is 515. The van der Waals surface area contributed by atoms with Gasteiger partial charge in [-0.3, -0.25) is 0 Å². The largest absolute Gasteiger partial charge is 0.504 e. The van der Waals surface area contributed by atoms with Crippen LogP contribution in [0.1, 0.15) is 18.3 Å². The van der Waals surface area contributed by atoms with E-state index in [4.69, 9.17) is 4.74 Å². The van der Waals surface area contributed by atoms with Crippen molar-refractivity contribution in [1.29, 1.82) is 0 Å². The predicted molar refractivity (Wildman–Crippen MR) is 65.9 cm³/mol. The summed E-state index contributed by atoms with van der Waals surface area (Å²) in [5.74, 6) is 1.09. The van der Waals surface area contributed by atoms with E-state index in [1.54, 1.807) is 11.8 Å². The molecule has 0 aliphatic carbocycles. The molecule has 0 bridgehead atoms. The Labute approximate surface area is 100 Å². The van der Waals surface area contributed by atoms with E-state index in [0.717, 1.165) is 29.2 Å². The second-order valence-electron chi connectivity index (χ2n) is 3.84. The topological polar surface area (TPSA) is 47.3 Å². The number of benzene rings is 1. The standard InChI is InChI=1S/C13H16N2O2/c1-4-12-13(16)9(2)15(14-12)10-5-7-11(17-3)8-6-10/h5-8,16H,4H2,1-3H3. The van der Waals surface area contributed by atoms with Crippen molar-refractivity contribution < 1.29 is 9.84 Å². The molecule has 17 heavy (non-hydrogen) atoms. The molecule has 0 aliphatic heterocycles. The molecule has 1 heterocycles. The molecule has 90 valence electrons. The van der Waals surface area contributed by atoms with Crippen LogP contribution in [0.3, 0.4) is 0 Å². The van der Waals surface area contributed by atoms with E-state index in [0.29, 0.717) is 0 Å².